The first-order valence-corrected chi connectivity index (χ1v) is 9.89. The Balaban J connectivity index is 1.52. The number of primary sulfonamides is 1. The fraction of sp³-hybridized carbons (Fsp3) is 0. The monoisotopic (exact) mass is 393 g/mol. The fourth-order valence-electron chi connectivity index (χ4n) is 2.75. The number of ketones is 1. The highest BCUT2D eigenvalue weighted by atomic mass is 32.2. The third-order valence-corrected chi connectivity index (χ3v) is 5.09. The molecule has 0 bridgehead atoms. The number of hydrogen-bond donors (Lipinski definition) is 1. The van der Waals surface area contributed by atoms with Gasteiger partial charge in [0.1, 0.15) is 17.1 Å². The van der Waals surface area contributed by atoms with E-state index in [1.54, 1.807) is 42.5 Å². The van der Waals surface area contributed by atoms with Crippen molar-refractivity contribution in [2.45, 2.75) is 4.90 Å². The quantitative estimate of drug-likeness (QED) is 0.403. The van der Waals surface area contributed by atoms with Crippen LogP contribution in [0.5, 0.6) is 0 Å². The van der Waals surface area contributed by atoms with Crippen LogP contribution in [0.25, 0.3) is 28.4 Å². The highest BCUT2D eigenvalue weighted by Gasteiger charge is 2.11. The molecule has 2 aromatic carbocycles. The number of sulfonamides is 1. The van der Waals surface area contributed by atoms with Crippen molar-refractivity contribution in [3.8, 4) is 11.3 Å². The Kier molecular flexibility index (Phi) is 4.46. The van der Waals surface area contributed by atoms with Crippen LogP contribution >= 0.6 is 0 Å². The maximum absolute atomic E-state index is 12.3. The number of carbonyl (C=O) groups excluding carboxylic acids is 1. The smallest absolute Gasteiger partial charge is 0.238 e. The first-order valence-electron chi connectivity index (χ1n) is 8.34. The van der Waals surface area contributed by atoms with E-state index in [0.29, 0.717) is 22.7 Å². The first kappa shape index (κ1) is 18.0. The van der Waals surface area contributed by atoms with Gasteiger partial charge in [-0.2, -0.15) is 0 Å². The number of furan rings is 2. The molecule has 4 rings (SSSR count). The molecule has 0 saturated heterocycles. The molecule has 0 saturated carbocycles. The largest absolute Gasteiger partial charge is 0.457 e. The Morgan fingerprint density at radius 1 is 0.929 bits per heavy atom. The van der Waals surface area contributed by atoms with Gasteiger partial charge in [-0.3, -0.25) is 4.79 Å². The van der Waals surface area contributed by atoms with Crippen molar-refractivity contribution in [1.29, 1.82) is 0 Å². The molecule has 0 fully saturated rings. The topological polar surface area (TPSA) is 104 Å². The third kappa shape index (κ3) is 3.66. The lowest BCUT2D eigenvalue weighted by molar-refractivity contribution is 0.102. The van der Waals surface area contributed by atoms with Crippen molar-refractivity contribution in [3.05, 3.63) is 84.3 Å². The Bertz CT molecular complexity index is 1260. The van der Waals surface area contributed by atoms with Gasteiger partial charge in [0.15, 0.2) is 5.76 Å². The second-order valence-electron chi connectivity index (χ2n) is 6.12. The zero-order valence-electron chi connectivity index (χ0n) is 14.5. The molecule has 0 spiro atoms. The van der Waals surface area contributed by atoms with Crippen LogP contribution in [-0.4, -0.2) is 14.2 Å². The van der Waals surface area contributed by atoms with Gasteiger partial charge in [0.05, 0.1) is 4.90 Å². The Labute approximate surface area is 160 Å². The zero-order valence-corrected chi connectivity index (χ0v) is 15.3. The zero-order chi connectivity index (χ0) is 19.7. The molecule has 0 unspecified atom stereocenters. The molecule has 2 heterocycles. The maximum atomic E-state index is 12.3. The van der Waals surface area contributed by atoms with Gasteiger partial charge in [-0.15, -0.1) is 0 Å². The molecule has 0 radical (unpaired) electrons. The van der Waals surface area contributed by atoms with Gasteiger partial charge in [-0.25, -0.2) is 13.6 Å². The molecule has 0 aliphatic rings. The predicted octanol–water partition coefficient (Wildman–Crippen LogP) is 4.24. The summed E-state index contributed by atoms with van der Waals surface area (Å²) in [6.45, 7) is 0. The summed E-state index contributed by atoms with van der Waals surface area (Å²) in [7, 11) is -3.74. The van der Waals surface area contributed by atoms with E-state index in [2.05, 4.69) is 0 Å². The highest BCUT2D eigenvalue weighted by Crippen LogP contribution is 2.24. The number of hydrogen-bond acceptors (Lipinski definition) is 5. The highest BCUT2D eigenvalue weighted by molar-refractivity contribution is 7.89. The molecule has 140 valence electrons. The summed E-state index contributed by atoms with van der Waals surface area (Å²) in [4.78, 5) is 12.3. The molecule has 7 heteroatoms. The lowest BCUT2D eigenvalue weighted by atomic mass is 10.2. The molecule has 6 nitrogen and oxygen atoms in total. The van der Waals surface area contributed by atoms with Crippen molar-refractivity contribution in [3.63, 3.8) is 0 Å². The molecule has 0 atom stereocenters. The van der Waals surface area contributed by atoms with E-state index >= 15 is 0 Å². The lowest BCUT2D eigenvalue weighted by Gasteiger charge is -2.00. The van der Waals surface area contributed by atoms with Crippen LogP contribution in [0, 0.1) is 0 Å². The molecule has 2 aromatic heterocycles. The molecule has 28 heavy (non-hydrogen) atoms. The van der Waals surface area contributed by atoms with Crippen molar-refractivity contribution in [2.75, 3.05) is 0 Å². The van der Waals surface area contributed by atoms with Crippen LogP contribution in [0.4, 0.5) is 0 Å². The van der Waals surface area contributed by atoms with Gasteiger partial charge in [0.25, 0.3) is 0 Å². The standard InChI is InChI=1S/C21H15NO5S/c22-28(24,25)17-9-5-14(6-10-17)20-12-8-16(26-20)7-11-18(23)21-13-15-3-1-2-4-19(15)27-21/h1-13H,(H2,22,24,25)/b11-7-. The summed E-state index contributed by atoms with van der Waals surface area (Å²) in [6.07, 6.45) is 2.93. The van der Waals surface area contributed by atoms with Crippen LogP contribution in [0.1, 0.15) is 16.3 Å². The molecule has 0 aliphatic carbocycles. The third-order valence-electron chi connectivity index (χ3n) is 4.16. The van der Waals surface area contributed by atoms with E-state index in [1.165, 1.54) is 18.2 Å². The summed E-state index contributed by atoms with van der Waals surface area (Å²) in [5.41, 5.74) is 1.35. The second-order valence-corrected chi connectivity index (χ2v) is 7.68. The van der Waals surface area contributed by atoms with Gasteiger partial charge < -0.3 is 8.83 Å². The molecule has 2 N–H and O–H groups in total. The molecule has 4 aromatic rings. The minimum Gasteiger partial charge on any atom is -0.457 e. The van der Waals surface area contributed by atoms with Crippen molar-refractivity contribution in [2.24, 2.45) is 5.14 Å². The normalized spacial score (nSPS) is 12.0. The average molecular weight is 393 g/mol. The lowest BCUT2D eigenvalue weighted by Crippen LogP contribution is -2.11. The van der Waals surface area contributed by atoms with E-state index in [1.807, 2.05) is 18.2 Å². The van der Waals surface area contributed by atoms with Gasteiger partial charge in [0, 0.05) is 10.9 Å². The van der Waals surface area contributed by atoms with E-state index in [9.17, 15) is 13.2 Å². The van der Waals surface area contributed by atoms with Crippen LogP contribution in [-0.2, 0) is 10.0 Å². The van der Waals surface area contributed by atoms with Gasteiger partial charge in [0.2, 0.25) is 15.8 Å². The summed E-state index contributed by atoms with van der Waals surface area (Å²) in [5, 5.41) is 5.95. The van der Waals surface area contributed by atoms with Crippen molar-refractivity contribution >= 4 is 32.9 Å². The van der Waals surface area contributed by atoms with Gasteiger partial charge in [-0.05, 0) is 60.7 Å². The summed E-state index contributed by atoms with van der Waals surface area (Å²) in [5.74, 6) is 1.00. The number of benzene rings is 2. The summed E-state index contributed by atoms with van der Waals surface area (Å²) >= 11 is 0. The average Bonchev–Trinajstić information content (AvgIpc) is 3.32. The van der Waals surface area contributed by atoms with Crippen molar-refractivity contribution in [1.82, 2.24) is 0 Å². The molecule has 0 amide bonds. The Morgan fingerprint density at radius 3 is 2.39 bits per heavy atom. The van der Waals surface area contributed by atoms with Crippen LogP contribution in [0.2, 0.25) is 0 Å². The molecular formula is C21H15NO5S. The SMILES string of the molecule is NS(=O)(=O)c1ccc(-c2ccc(/C=C\C(=O)c3cc4ccccc4o3)o2)cc1. The van der Waals surface area contributed by atoms with E-state index < -0.39 is 10.0 Å². The Hall–Kier alpha value is -3.42. The molecule has 0 aliphatic heterocycles. The van der Waals surface area contributed by atoms with E-state index in [0.717, 1.165) is 5.39 Å². The Morgan fingerprint density at radius 2 is 1.68 bits per heavy atom. The number of rotatable bonds is 5. The number of allylic oxidation sites excluding steroid dienone is 1. The predicted molar refractivity (Wildman–Crippen MR) is 105 cm³/mol. The van der Waals surface area contributed by atoms with Gasteiger partial charge >= 0.3 is 0 Å². The summed E-state index contributed by atoms with van der Waals surface area (Å²) < 4.78 is 33.9. The summed E-state index contributed by atoms with van der Waals surface area (Å²) in [6, 6.07) is 18.6. The van der Waals surface area contributed by atoms with Crippen LogP contribution in [0.3, 0.4) is 0 Å². The molecular weight excluding hydrogens is 378 g/mol. The fourth-order valence-corrected chi connectivity index (χ4v) is 3.27. The van der Waals surface area contributed by atoms with Crippen LogP contribution in [0.15, 0.2) is 86.5 Å². The van der Waals surface area contributed by atoms with Crippen molar-refractivity contribution < 1.29 is 22.0 Å². The minimum atomic E-state index is -3.74. The number of nitrogens with two attached hydrogens (primary N) is 1. The second kappa shape index (κ2) is 6.95. The van der Waals surface area contributed by atoms with Crippen LogP contribution < -0.4 is 5.14 Å². The number of para-hydroxylation sites is 1. The number of fused-ring (bicyclic) bond motifs is 1. The van der Waals surface area contributed by atoms with Gasteiger partial charge in [-0.1, -0.05) is 18.2 Å². The van der Waals surface area contributed by atoms with E-state index in [-0.39, 0.29) is 16.4 Å². The maximum Gasteiger partial charge on any atom is 0.238 e. The number of carbonyl (C=O) groups is 1. The minimum absolute atomic E-state index is 0.0272. The first-order chi connectivity index (χ1) is 13.4. The van der Waals surface area contributed by atoms with E-state index in [4.69, 9.17) is 14.0 Å².